The summed E-state index contributed by atoms with van der Waals surface area (Å²) in [6, 6.07) is 16.3. The van der Waals surface area contributed by atoms with Gasteiger partial charge in [-0.3, -0.25) is 0 Å². The maximum atomic E-state index is 13.7. The van der Waals surface area contributed by atoms with Crippen molar-refractivity contribution in [1.82, 2.24) is 4.98 Å². The Morgan fingerprint density at radius 3 is 2.35 bits per heavy atom. The fraction of sp³-hybridized carbons (Fsp3) is 0.217. The molecule has 1 heterocycles. The van der Waals surface area contributed by atoms with E-state index in [0.29, 0.717) is 28.7 Å². The molecule has 0 unspecified atom stereocenters. The van der Waals surface area contributed by atoms with Gasteiger partial charge in [-0.05, 0) is 54.4 Å². The van der Waals surface area contributed by atoms with Crippen LogP contribution in [0.3, 0.4) is 0 Å². The van der Waals surface area contributed by atoms with E-state index in [0.717, 1.165) is 29.8 Å². The standard InChI is InChI=1S/C23H18ClF3N2OS/c1-2-11-30-18-9-5-16(6-10-18)21-12-20(23(25,26)27)19(13-28)22(29-21)31-14-15-3-7-17(24)8-4-15/h3-10,12H,2,11,14H2,1H3. The molecule has 0 saturated carbocycles. The van der Waals surface area contributed by atoms with Crippen LogP contribution in [0.1, 0.15) is 30.0 Å². The summed E-state index contributed by atoms with van der Waals surface area (Å²) in [6.07, 6.45) is -3.83. The van der Waals surface area contributed by atoms with Gasteiger partial charge in [0.05, 0.1) is 23.4 Å². The maximum Gasteiger partial charge on any atom is 0.417 e. The Morgan fingerprint density at radius 1 is 1.10 bits per heavy atom. The highest BCUT2D eigenvalue weighted by Crippen LogP contribution is 2.38. The quantitative estimate of drug-likeness (QED) is 0.344. The minimum Gasteiger partial charge on any atom is -0.494 e. The lowest BCUT2D eigenvalue weighted by molar-refractivity contribution is -0.138. The summed E-state index contributed by atoms with van der Waals surface area (Å²) in [5.74, 6) is 0.983. The van der Waals surface area contributed by atoms with E-state index >= 15 is 0 Å². The topological polar surface area (TPSA) is 45.9 Å². The molecule has 0 fully saturated rings. The number of ether oxygens (including phenoxy) is 1. The summed E-state index contributed by atoms with van der Waals surface area (Å²) in [6.45, 7) is 2.54. The molecule has 1 aromatic heterocycles. The number of hydrogen-bond donors (Lipinski definition) is 0. The first-order chi connectivity index (χ1) is 14.8. The highest BCUT2D eigenvalue weighted by molar-refractivity contribution is 7.98. The molecule has 0 N–H and O–H groups in total. The van der Waals surface area contributed by atoms with Gasteiger partial charge in [0.25, 0.3) is 0 Å². The number of rotatable bonds is 7. The number of nitrogens with zero attached hydrogens (tertiary/aromatic N) is 2. The van der Waals surface area contributed by atoms with Gasteiger partial charge in [-0.1, -0.05) is 30.7 Å². The molecule has 0 radical (unpaired) electrons. The summed E-state index contributed by atoms with van der Waals surface area (Å²) in [4.78, 5) is 4.39. The largest absolute Gasteiger partial charge is 0.494 e. The molecule has 0 aliphatic rings. The Hall–Kier alpha value is -2.69. The van der Waals surface area contributed by atoms with Gasteiger partial charge in [0.15, 0.2) is 0 Å². The van der Waals surface area contributed by atoms with Crippen molar-refractivity contribution in [1.29, 1.82) is 5.26 Å². The van der Waals surface area contributed by atoms with Crippen LogP contribution in [-0.4, -0.2) is 11.6 Å². The number of hydrogen-bond acceptors (Lipinski definition) is 4. The Bertz CT molecular complexity index is 1080. The zero-order valence-corrected chi connectivity index (χ0v) is 18.1. The molecule has 31 heavy (non-hydrogen) atoms. The van der Waals surface area contributed by atoms with E-state index in [9.17, 15) is 18.4 Å². The van der Waals surface area contributed by atoms with Crippen molar-refractivity contribution >= 4 is 23.4 Å². The van der Waals surface area contributed by atoms with Crippen molar-refractivity contribution in [2.45, 2.75) is 30.3 Å². The van der Waals surface area contributed by atoms with E-state index < -0.39 is 17.3 Å². The van der Waals surface area contributed by atoms with Crippen LogP contribution >= 0.6 is 23.4 Å². The summed E-state index contributed by atoms with van der Waals surface area (Å²) < 4.78 is 46.6. The van der Waals surface area contributed by atoms with Crippen LogP contribution in [0.25, 0.3) is 11.3 Å². The second-order valence-corrected chi connectivity index (χ2v) is 8.03. The summed E-state index contributed by atoms with van der Waals surface area (Å²) >= 11 is 6.96. The lowest BCUT2D eigenvalue weighted by Gasteiger charge is -2.14. The highest BCUT2D eigenvalue weighted by atomic mass is 35.5. The SMILES string of the molecule is CCCOc1ccc(-c2cc(C(F)(F)F)c(C#N)c(SCc3ccc(Cl)cc3)n2)cc1. The number of halogens is 4. The van der Waals surface area contributed by atoms with Crippen molar-refractivity contribution in [3.05, 3.63) is 76.3 Å². The number of thioether (sulfide) groups is 1. The smallest absolute Gasteiger partial charge is 0.417 e. The zero-order valence-electron chi connectivity index (χ0n) is 16.5. The van der Waals surface area contributed by atoms with Gasteiger partial charge in [-0.15, -0.1) is 11.8 Å². The van der Waals surface area contributed by atoms with E-state index in [1.165, 1.54) is 0 Å². The molecule has 0 spiro atoms. The third kappa shape index (κ3) is 5.93. The molecular formula is C23H18ClF3N2OS. The first-order valence-corrected chi connectivity index (χ1v) is 10.8. The number of alkyl halides is 3. The molecule has 0 bridgehead atoms. The highest BCUT2D eigenvalue weighted by Gasteiger charge is 2.36. The number of nitriles is 1. The lowest BCUT2D eigenvalue weighted by atomic mass is 10.1. The third-order valence-corrected chi connectivity index (χ3v) is 5.61. The van der Waals surface area contributed by atoms with Gasteiger partial charge in [0, 0.05) is 16.3 Å². The molecule has 3 aromatic rings. The zero-order chi connectivity index (χ0) is 22.4. The van der Waals surface area contributed by atoms with Crippen LogP contribution in [0.4, 0.5) is 13.2 Å². The van der Waals surface area contributed by atoms with Crippen LogP contribution in [0, 0.1) is 11.3 Å². The molecule has 0 atom stereocenters. The van der Waals surface area contributed by atoms with E-state index in [1.54, 1.807) is 54.6 Å². The molecule has 8 heteroatoms. The van der Waals surface area contributed by atoms with Crippen molar-refractivity contribution in [2.75, 3.05) is 6.61 Å². The number of benzene rings is 2. The minimum absolute atomic E-state index is 0.0357. The van der Waals surface area contributed by atoms with Gasteiger partial charge in [-0.2, -0.15) is 18.4 Å². The molecular weight excluding hydrogens is 445 g/mol. The Labute approximate surface area is 187 Å². The van der Waals surface area contributed by atoms with Gasteiger partial charge in [0.1, 0.15) is 16.8 Å². The number of pyridine rings is 1. The summed E-state index contributed by atoms with van der Waals surface area (Å²) in [5.41, 5.74) is 0.0404. The average Bonchev–Trinajstić information content (AvgIpc) is 2.76. The second kappa shape index (κ2) is 10.1. The van der Waals surface area contributed by atoms with Crippen LogP contribution in [0.2, 0.25) is 5.02 Å². The normalized spacial score (nSPS) is 11.2. The Balaban J connectivity index is 1.98. The van der Waals surface area contributed by atoms with E-state index in [4.69, 9.17) is 16.3 Å². The molecule has 0 amide bonds. The molecule has 0 aliphatic carbocycles. The van der Waals surface area contributed by atoms with Gasteiger partial charge in [-0.25, -0.2) is 4.98 Å². The van der Waals surface area contributed by atoms with Gasteiger partial charge < -0.3 is 4.74 Å². The van der Waals surface area contributed by atoms with Crippen LogP contribution in [0.15, 0.2) is 59.6 Å². The Morgan fingerprint density at radius 2 is 1.77 bits per heavy atom. The third-order valence-electron chi connectivity index (χ3n) is 4.32. The van der Waals surface area contributed by atoms with Crippen molar-refractivity contribution < 1.29 is 17.9 Å². The average molecular weight is 463 g/mol. The van der Waals surface area contributed by atoms with E-state index in [1.807, 2.05) is 6.92 Å². The molecule has 160 valence electrons. The van der Waals surface area contributed by atoms with Gasteiger partial charge in [0.2, 0.25) is 0 Å². The van der Waals surface area contributed by atoms with Crippen LogP contribution < -0.4 is 4.74 Å². The summed E-state index contributed by atoms with van der Waals surface area (Å²) in [7, 11) is 0. The van der Waals surface area contributed by atoms with Crippen LogP contribution in [0.5, 0.6) is 5.75 Å². The maximum absolute atomic E-state index is 13.7. The van der Waals surface area contributed by atoms with Gasteiger partial charge >= 0.3 is 6.18 Å². The first kappa shape index (κ1) is 23.0. The minimum atomic E-state index is -4.68. The van der Waals surface area contributed by atoms with E-state index in [2.05, 4.69) is 4.98 Å². The fourth-order valence-corrected chi connectivity index (χ4v) is 3.86. The lowest BCUT2D eigenvalue weighted by Crippen LogP contribution is -2.10. The van der Waals surface area contributed by atoms with Crippen molar-refractivity contribution in [3.63, 3.8) is 0 Å². The molecule has 3 rings (SSSR count). The van der Waals surface area contributed by atoms with Crippen molar-refractivity contribution in [2.24, 2.45) is 0 Å². The predicted octanol–water partition coefficient (Wildman–Crippen LogP) is 7.37. The Kier molecular flexibility index (Phi) is 7.47. The monoisotopic (exact) mass is 462 g/mol. The molecule has 3 nitrogen and oxygen atoms in total. The number of aromatic nitrogens is 1. The molecule has 0 aliphatic heterocycles. The summed E-state index contributed by atoms with van der Waals surface area (Å²) in [5, 5.41) is 10.0. The van der Waals surface area contributed by atoms with Crippen molar-refractivity contribution in [3.8, 4) is 23.1 Å². The first-order valence-electron chi connectivity index (χ1n) is 9.44. The van der Waals surface area contributed by atoms with E-state index in [-0.39, 0.29) is 10.7 Å². The predicted molar refractivity (Wildman–Crippen MR) is 116 cm³/mol. The fourth-order valence-electron chi connectivity index (χ4n) is 2.78. The molecule has 2 aromatic carbocycles. The second-order valence-electron chi connectivity index (χ2n) is 6.63. The van der Waals surface area contributed by atoms with Crippen LogP contribution in [-0.2, 0) is 11.9 Å². The molecule has 0 saturated heterocycles.